The van der Waals surface area contributed by atoms with E-state index >= 15 is 0 Å². The molecule has 1 unspecified atom stereocenters. The Balaban J connectivity index is 1.52. The molecule has 0 aliphatic carbocycles. The highest BCUT2D eigenvalue weighted by Gasteiger charge is 2.29. The molecule has 0 saturated carbocycles. The van der Waals surface area contributed by atoms with Gasteiger partial charge in [-0.15, -0.1) is 0 Å². The summed E-state index contributed by atoms with van der Waals surface area (Å²) in [5.74, 6) is 0. The minimum absolute atomic E-state index is 0.226. The summed E-state index contributed by atoms with van der Waals surface area (Å²) < 4.78 is 0. The molecule has 1 atom stereocenters. The quantitative estimate of drug-likeness (QED) is 0.480. The van der Waals surface area contributed by atoms with E-state index in [1.807, 2.05) is 0 Å². The fourth-order valence-corrected chi connectivity index (χ4v) is 4.35. The van der Waals surface area contributed by atoms with Crippen LogP contribution < -0.4 is 0 Å². The van der Waals surface area contributed by atoms with Gasteiger partial charge in [-0.05, 0) is 41.8 Å². The molecule has 0 bridgehead atoms. The molecule has 1 aliphatic heterocycles. The van der Waals surface area contributed by atoms with E-state index in [1.54, 1.807) is 0 Å². The van der Waals surface area contributed by atoms with Crippen molar-refractivity contribution in [3.8, 4) is 0 Å². The molecule has 0 radical (unpaired) electrons. The molecule has 4 aromatic rings. The Kier molecular flexibility index (Phi) is 4.46. The lowest BCUT2D eigenvalue weighted by atomic mass is 9.92. The van der Waals surface area contributed by atoms with Gasteiger partial charge in [-0.1, -0.05) is 84.9 Å². The molecule has 138 valence electrons. The van der Waals surface area contributed by atoms with Crippen molar-refractivity contribution < 1.29 is 0 Å². The first-order valence-corrected chi connectivity index (χ1v) is 10.0. The van der Waals surface area contributed by atoms with E-state index in [4.69, 9.17) is 0 Å². The summed E-state index contributed by atoms with van der Waals surface area (Å²) in [6.07, 6.45) is 6.61. The summed E-state index contributed by atoms with van der Waals surface area (Å²) in [5.41, 5.74) is 6.72. The fraction of sp³-hybridized carbons (Fsp3) is 0.154. The van der Waals surface area contributed by atoms with Gasteiger partial charge in [0.05, 0.1) is 6.04 Å². The lowest BCUT2D eigenvalue weighted by molar-refractivity contribution is 0.297. The van der Waals surface area contributed by atoms with Crippen LogP contribution in [-0.4, -0.2) is 16.4 Å². The molecule has 1 aliphatic rings. The second-order valence-electron chi connectivity index (χ2n) is 7.44. The Morgan fingerprint density at radius 1 is 0.857 bits per heavy atom. The van der Waals surface area contributed by atoms with Crippen LogP contribution in [0.5, 0.6) is 0 Å². The van der Waals surface area contributed by atoms with Crippen LogP contribution in [0.2, 0.25) is 0 Å². The van der Waals surface area contributed by atoms with Crippen LogP contribution in [0.25, 0.3) is 10.9 Å². The van der Waals surface area contributed by atoms with Crippen LogP contribution in [0.15, 0.2) is 97.2 Å². The molecule has 3 aromatic carbocycles. The first kappa shape index (κ1) is 16.9. The number of benzene rings is 3. The molecule has 2 heteroatoms. The zero-order chi connectivity index (χ0) is 18.8. The SMILES string of the molecule is C(=C\N1CCc2c([nH]c3ccccc23)C1c1ccccc1)/Cc1ccccc1. The van der Waals surface area contributed by atoms with E-state index in [0.717, 1.165) is 19.4 Å². The Bertz CT molecular complexity index is 1090. The maximum atomic E-state index is 3.73. The molecule has 0 fully saturated rings. The maximum absolute atomic E-state index is 3.73. The highest BCUT2D eigenvalue weighted by atomic mass is 15.2. The lowest BCUT2D eigenvalue weighted by Crippen LogP contribution is -2.32. The molecule has 2 nitrogen and oxygen atoms in total. The highest BCUT2D eigenvalue weighted by molar-refractivity contribution is 5.85. The molecule has 5 rings (SSSR count). The van der Waals surface area contributed by atoms with Crippen molar-refractivity contribution in [1.82, 2.24) is 9.88 Å². The van der Waals surface area contributed by atoms with Crippen LogP contribution in [0, 0.1) is 0 Å². The van der Waals surface area contributed by atoms with Gasteiger partial charge in [0, 0.05) is 23.1 Å². The monoisotopic (exact) mass is 364 g/mol. The normalized spacial score (nSPS) is 16.6. The molecule has 1 aromatic heterocycles. The average Bonchev–Trinajstić information content (AvgIpc) is 3.13. The van der Waals surface area contributed by atoms with E-state index in [1.165, 1.54) is 33.3 Å². The molecule has 1 N–H and O–H groups in total. The number of hydrogen-bond acceptors (Lipinski definition) is 1. The van der Waals surface area contributed by atoms with Crippen LogP contribution in [0.4, 0.5) is 0 Å². The van der Waals surface area contributed by atoms with Gasteiger partial charge in [0.2, 0.25) is 0 Å². The van der Waals surface area contributed by atoms with Crippen molar-refractivity contribution in [2.75, 3.05) is 6.54 Å². The van der Waals surface area contributed by atoms with Crippen molar-refractivity contribution in [2.45, 2.75) is 18.9 Å². The number of aromatic nitrogens is 1. The third-order valence-corrected chi connectivity index (χ3v) is 5.68. The van der Waals surface area contributed by atoms with E-state index in [2.05, 4.69) is 107 Å². The number of hydrogen-bond donors (Lipinski definition) is 1. The van der Waals surface area contributed by atoms with Crippen LogP contribution in [0.3, 0.4) is 0 Å². The van der Waals surface area contributed by atoms with Crippen molar-refractivity contribution in [3.05, 3.63) is 120 Å². The Morgan fingerprint density at radius 3 is 2.39 bits per heavy atom. The minimum atomic E-state index is 0.226. The topological polar surface area (TPSA) is 19.0 Å². The van der Waals surface area contributed by atoms with E-state index < -0.39 is 0 Å². The summed E-state index contributed by atoms with van der Waals surface area (Å²) in [6.45, 7) is 1.03. The number of rotatable bonds is 4. The molecular weight excluding hydrogens is 340 g/mol. The fourth-order valence-electron chi connectivity index (χ4n) is 4.35. The minimum Gasteiger partial charge on any atom is -0.365 e. The van der Waals surface area contributed by atoms with Gasteiger partial charge in [0.25, 0.3) is 0 Å². The largest absolute Gasteiger partial charge is 0.365 e. The molecule has 0 saturated heterocycles. The zero-order valence-corrected chi connectivity index (χ0v) is 15.9. The van der Waals surface area contributed by atoms with Crippen LogP contribution >= 0.6 is 0 Å². The second kappa shape index (κ2) is 7.40. The molecular formula is C26H24N2. The first-order chi connectivity index (χ1) is 13.9. The Labute approximate surface area is 166 Å². The summed E-state index contributed by atoms with van der Waals surface area (Å²) in [6, 6.07) is 30.4. The summed E-state index contributed by atoms with van der Waals surface area (Å²) >= 11 is 0. The Hall–Kier alpha value is -3.26. The Morgan fingerprint density at radius 2 is 1.57 bits per heavy atom. The van der Waals surface area contributed by atoms with Gasteiger partial charge < -0.3 is 9.88 Å². The number of allylic oxidation sites excluding steroid dienone is 1. The van der Waals surface area contributed by atoms with Gasteiger partial charge >= 0.3 is 0 Å². The maximum Gasteiger partial charge on any atom is 0.0941 e. The second-order valence-corrected chi connectivity index (χ2v) is 7.44. The molecule has 28 heavy (non-hydrogen) atoms. The predicted octanol–water partition coefficient (Wildman–Crippen LogP) is 5.87. The third kappa shape index (κ3) is 3.11. The summed E-state index contributed by atoms with van der Waals surface area (Å²) in [5, 5.41) is 1.37. The van der Waals surface area contributed by atoms with Gasteiger partial charge in [0.1, 0.15) is 0 Å². The number of para-hydroxylation sites is 1. The standard InChI is InChI=1S/C26H24N2/c1-3-10-20(11-4-1)12-9-18-28-19-17-23-22-15-7-8-16-24(22)27-25(23)26(28)21-13-5-2-6-14-21/h1-11,13-16,18,26-27H,12,17,19H2/b18-9+. The van der Waals surface area contributed by atoms with Crippen molar-refractivity contribution in [2.24, 2.45) is 0 Å². The zero-order valence-electron chi connectivity index (χ0n) is 15.9. The third-order valence-electron chi connectivity index (χ3n) is 5.68. The first-order valence-electron chi connectivity index (χ1n) is 10.0. The van der Waals surface area contributed by atoms with Gasteiger partial charge in [0.15, 0.2) is 0 Å². The number of aromatic amines is 1. The molecule has 0 amide bonds. The lowest BCUT2D eigenvalue weighted by Gasteiger charge is -2.35. The van der Waals surface area contributed by atoms with Crippen LogP contribution in [0.1, 0.15) is 28.4 Å². The number of nitrogens with one attached hydrogen (secondary N) is 1. The van der Waals surface area contributed by atoms with E-state index in [0.29, 0.717) is 0 Å². The van der Waals surface area contributed by atoms with Gasteiger partial charge in [-0.3, -0.25) is 0 Å². The van der Waals surface area contributed by atoms with Gasteiger partial charge in [-0.25, -0.2) is 0 Å². The molecule has 0 spiro atoms. The number of H-pyrrole nitrogens is 1. The van der Waals surface area contributed by atoms with Gasteiger partial charge in [-0.2, -0.15) is 0 Å². The summed E-state index contributed by atoms with van der Waals surface area (Å²) in [4.78, 5) is 6.21. The van der Waals surface area contributed by atoms with Crippen molar-refractivity contribution >= 4 is 10.9 Å². The number of nitrogens with zero attached hydrogens (tertiary/aromatic N) is 1. The van der Waals surface area contributed by atoms with E-state index in [9.17, 15) is 0 Å². The highest BCUT2D eigenvalue weighted by Crippen LogP contribution is 2.38. The molecule has 2 heterocycles. The average molecular weight is 364 g/mol. The van der Waals surface area contributed by atoms with Crippen molar-refractivity contribution in [3.63, 3.8) is 0 Å². The number of fused-ring (bicyclic) bond motifs is 3. The summed E-state index contributed by atoms with van der Waals surface area (Å²) in [7, 11) is 0. The predicted molar refractivity (Wildman–Crippen MR) is 116 cm³/mol. The van der Waals surface area contributed by atoms with Crippen LogP contribution in [-0.2, 0) is 12.8 Å². The van der Waals surface area contributed by atoms with E-state index in [-0.39, 0.29) is 6.04 Å². The smallest absolute Gasteiger partial charge is 0.0941 e. The van der Waals surface area contributed by atoms with Crippen molar-refractivity contribution in [1.29, 1.82) is 0 Å².